The maximum atomic E-state index is 6.67. The van der Waals surface area contributed by atoms with Crippen LogP contribution >= 0.6 is 0 Å². The van der Waals surface area contributed by atoms with Crippen molar-refractivity contribution in [1.29, 1.82) is 0 Å². The van der Waals surface area contributed by atoms with Crippen molar-refractivity contribution in [3.8, 4) is 11.1 Å². The summed E-state index contributed by atoms with van der Waals surface area (Å²) in [5.41, 5.74) is 15.2. The Balaban J connectivity index is 1.58. The van der Waals surface area contributed by atoms with E-state index in [9.17, 15) is 0 Å². The summed E-state index contributed by atoms with van der Waals surface area (Å²) in [6, 6.07) is 35.7. The maximum Gasteiger partial charge on any atom is 0.127 e. The molecule has 0 amide bonds. The van der Waals surface area contributed by atoms with Crippen molar-refractivity contribution in [2.24, 2.45) is 10.7 Å². The van der Waals surface area contributed by atoms with Gasteiger partial charge in [0.2, 0.25) is 0 Å². The quantitative estimate of drug-likeness (QED) is 0.307. The molecule has 2 heteroatoms. The van der Waals surface area contributed by atoms with Gasteiger partial charge < -0.3 is 5.73 Å². The second kappa shape index (κ2) is 8.61. The molecular formula is C29H26N2. The van der Waals surface area contributed by atoms with Gasteiger partial charge in [-0.15, -0.1) is 0 Å². The number of benzene rings is 4. The minimum atomic E-state index is -0.143. The molecule has 0 radical (unpaired) electrons. The zero-order valence-corrected chi connectivity index (χ0v) is 17.5. The molecule has 4 aromatic carbocycles. The Morgan fingerprint density at radius 3 is 2.00 bits per heavy atom. The number of nitrogens with zero attached hydrogens (tertiary/aromatic N) is 1. The van der Waals surface area contributed by atoms with Gasteiger partial charge in [0, 0.05) is 5.56 Å². The van der Waals surface area contributed by atoms with Crippen molar-refractivity contribution in [1.82, 2.24) is 0 Å². The predicted molar refractivity (Wildman–Crippen MR) is 129 cm³/mol. The van der Waals surface area contributed by atoms with Crippen molar-refractivity contribution >= 4 is 5.84 Å². The Kier molecular flexibility index (Phi) is 5.37. The number of aliphatic imine (C=N–C) groups is 1. The highest BCUT2D eigenvalue weighted by atomic mass is 14.9. The Bertz CT molecular complexity index is 1170. The van der Waals surface area contributed by atoms with Gasteiger partial charge in [-0.2, -0.15) is 0 Å². The van der Waals surface area contributed by atoms with Gasteiger partial charge in [-0.05, 0) is 52.6 Å². The molecule has 0 spiro atoms. The van der Waals surface area contributed by atoms with Crippen molar-refractivity contribution in [2.75, 3.05) is 0 Å². The van der Waals surface area contributed by atoms with Gasteiger partial charge in [0.1, 0.15) is 11.9 Å². The molecule has 5 rings (SSSR count). The number of amidine groups is 1. The summed E-state index contributed by atoms with van der Waals surface area (Å²) in [6.45, 7) is 0. The zero-order valence-electron chi connectivity index (χ0n) is 17.5. The number of fused-ring (bicyclic) bond motifs is 1. The van der Waals surface area contributed by atoms with Crippen LogP contribution in [0.25, 0.3) is 11.1 Å². The molecule has 1 aliphatic rings. The van der Waals surface area contributed by atoms with Crippen LogP contribution in [0.15, 0.2) is 108 Å². The summed E-state index contributed by atoms with van der Waals surface area (Å²) < 4.78 is 0. The first-order valence-electron chi connectivity index (χ1n) is 10.9. The fraction of sp³-hybridized carbons (Fsp3) is 0.138. The topological polar surface area (TPSA) is 38.4 Å². The van der Waals surface area contributed by atoms with Crippen molar-refractivity contribution in [3.05, 3.63) is 131 Å². The lowest BCUT2D eigenvalue weighted by Crippen LogP contribution is -2.17. The van der Waals surface area contributed by atoms with Crippen LogP contribution in [0.3, 0.4) is 0 Å². The molecule has 0 fully saturated rings. The van der Waals surface area contributed by atoms with Gasteiger partial charge >= 0.3 is 0 Å². The van der Waals surface area contributed by atoms with Gasteiger partial charge in [-0.1, -0.05) is 103 Å². The van der Waals surface area contributed by atoms with E-state index in [0.717, 1.165) is 22.3 Å². The minimum absolute atomic E-state index is 0.143. The van der Waals surface area contributed by atoms with Gasteiger partial charge in [0.25, 0.3) is 0 Å². The molecule has 1 aliphatic carbocycles. The first-order valence-corrected chi connectivity index (χ1v) is 10.9. The highest BCUT2D eigenvalue weighted by Gasteiger charge is 2.17. The van der Waals surface area contributed by atoms with Crippen molar-refractivity contribution in [2.45, 2.75) is 25.3 Å². The number of nitrogens with two attached hydrogens (primary N) is 1. The summed E-state index contributed by atoms with van der Waals surface area (Å²) in [7, 11) is 0. The van der Waals surface area contributed by atoms with Gasteiger partial charge in [-0.3, -0.25) is 4.99 Å². The van der Waals surface area contributed by atoms with Gasteiger partial charge in [-0.25, -0.2) is 0 Å². The molecule has 152 valence electrons. The third-order valence-corrected chi connectivity index (χ3v) is 6.11. The van der Waals surface area contributed by atoms with E-state index in [-0.39, 0.29) is 6.04 Å². The van der Waals surface area contributed by atoms with Crippen LogP contribution in [-0.4, -0.2) is 5.84 Å². The molecule has 31 heavy (non-hydrogen) atoms. The molecule has 0 atom stereocenters. The SMILES string of the molecule is NC(=NC(c1ccccc1)c1ccccc1)c1ccccc1-c1ccc2c(c1)CCC2. The molecule has 4 aromatic rings. The lowest BCUT2D eigenvalue weighted by molar-refractivity contribution is 0.870. The van der Waals surface area contributed by atoms with Crippen LogP contribution in [0.4, 0.5) is 0 Å². The number of aryl methyl sites for hydroxylation is 2. The molecule has 0 unspecified atom stereocenters. The van der Waals surface area contributed by atoms with Crippen molar-refractivity contribution in [3.63, 3.8) is 0 Å². The average molecular weight is 403 g/mol. The highest BCUT2D eigenvalue weighted by Crippen LogP contribution is 2.31. The van der Waals surface area contributed by atoms with Crippen LogP contribution in [0.5, 0.6) is 0 Å². The largest absolute Gasteiger partial charge is 0.383 e. The minimum Gasteiger partial charge on any atom is -0.383 e. The zero-order chi connectivity index (χ0) is 21.0. The van der Waals surface area contributed by atoms with E-state index < -0.39 is 0 Å². The highest BCUT2D eigenvalue weighted by molar-refractivity contribution is 6.03. The van der Waals surface area contributed by atoms with E-state index in [2.05, 4.69) is 84.9 Å². The fourth-order valence-electron chi connectivity index (χ4n) is 4.52. The third-order valence-electron chi connectivity index (χ3n) is 6.11. The van der Waals surface area contributed by atoms with Crippen LogP contribution in [0.1, 0.15) is 40.3 Å². The van der Waals surface area contributed by atoms with E-state index >= 15 is 0 Å². The first kappa shape index (κ1) is 19.3. The number of hydrogen-bond donors (Lipinski definition) is 1. The van der Waals surface area contributed by atoms with Gasteiger partial charge in [0.05, 0.1) is 0 Å². The predicted octanol–water partition coefficient (Wildman–Crippen LogP) is 6.34. The second-order valence-electron chi connectivity index (χ2n) is 8.12. The Labute approximate surface area is 184 Å². The molecule has 2 nitrogen and oxygen atoms in total. The van der Waals surface area contributed by atoms with Gasteiger partial charge in [0.15, 0.2) is 0 Å². The van der Waals surface area contributed by atoms with Crippen LogP contribution in [0.2, 0.25) is 0 Å². The smallest absolute Gasteiger partial charge is 0.127 e. The molecule has 0 aromatic heterocycles. The molecule has 0 aliphatic heterocycles. The normalized spacial score (nSPS) is 13.4. The van der Waals surface area contributed by atoms with E-state index in [1.165, 1.54) is 36.0 Å². The van der Waals surface area contributed by atoms with E-state index in [4.69, 9.17) is 10.7 Å². The standard InChI is InChI=1S/C29H26N2/c30-29(31-28(22-10-3-1-4-11-22)23-12-5-2-6-13-23)27-17-8-7-16-26(27)25-19-18-21-14-9-15-24(21)20-25/h1-8,10-13,16-20,28H,9,14-15H2,(H2,30,31). The first-order chi connectivity index (χ1) is 15.3. The van der Waals surface area contributed by atoms with Crippen molar-refractivity contribution < 1.29 is 0 Å². The van der Waals surface area contributed by atoms with Crippen LogP contribution in [0, 0.1) is 0 Å². The summed E-state index contributed by atoms with van der Waals surface area (Å²) >= 11 is 0. The number of rotatable bonds is 5. The Morgan fingerprint density at radius 1 is 0.677 bits per heavy atom. The summed E-state index contributed by atoms with van der Waals surface area (Å²) in [5.74, 6) is 0.564. The Morgan fingerprint density at radius 2 is 1.29 bits per heavy atom. The van der Waals surface area contributed by atoms with Crippen LogP contribution < -0.4 is 5.73 Å². The monoisotopic (exact) mass is 402 g/mol. The fourth-order valence-corrected chi connectivity index (χ4v) is 4.52. The van der Waals surface area contributed by atoms with E-state index in [1.54, 1.807) is 0 Å². The van der Waals surface area contributed by atoms with E-state index in [0.29, 0.717) is 5.84 Å². The maximum absolute atomic E-state index is 6.67. The molecule has 0 heterocycles. The summed E-state index contributed by atoms with van der Waals surface area (Å²) in [4.78, 5) is 5.04. The molecular weight excluding hydrogens is 376 g/mol. The molecule has 0 saturated heterocycles. The second-order valence-corrected chi connectivity index (χ2v) is 8.12. The van der Waals surface area contributed by atoms with Crippen LogP contribution in [-0.2, 0) is 12.8 Å². The molecule has 0 bridgehead atoms. The summed E-state index contributed by atoms with van der Waals surface area (Å²) in [5, 5.41) is 0. The lowest BCUT2D eigenvalue weighted by Gasteiger charge is -2.17. The lowest BCUT2D eigenvalue weighted by atomic mass is 9.95. The Hall–Kier alpha value is -3.65. The summed E-state index contributed by atoms with van der Waals surface area (Å²) in [6.07, 6.45) is 3.61. The van der Waals surface area contributed by atoms with E-state index in [1.807, 2.05) is 18.2 Å². The molecule has 2 N–H and O–H groups in total. The third kappa shape index (κ3) is 4.02. The number of hydrogen-bond acceptors (Lipinski definition) is 1. The average Bonchev–Trinajstić information content (AvgIpc) is 3.31. The molecule has 0 saturated carbocycles.